The van der Waals surface area contributed by atoms with Crippen molar-refractivity contribution in [2.45, 2.75) is 26.4 Å². The van der Waals surface area contributed by atoms with Gasteiger partial charge in [0, 0.05) is 12.0 Å². The Morgan fingerprint density at radius 3 is 2.67 bits per heavy atom. The Morgan fingerprint density at radius 2 is 1.96 bits per heavy atom. The summed E-state index contributed by atoms with van der Waals surface area (Å²) >= 11 is 0. The number of aromatic nitrogens is 2. The minimum Gasteiger partial charge on any atom is -0.459 e. The van der Waals surface area contributed by atoms with Gasteiger partial charge in [-0.1, -0.05) is 43.0 Å². The van der Waals surface area contributed by atoms with E-state index in [0.717, 1.165) is 22.4 Å². The van der Waals surface area contributed by atoms with E-state index >= 15 is 0 Å². The predicted molar refractivity (Wildman–Crippen MR) is 95.6 cm³/mol. The van der Waals surface area contributed by atoms with Crippen LogP contribution in [0.1, 0.15) is 19.7 Å². The topological polar surface area (TPSA) is 55.0 Å². The number of ether oxygens (including phenoxy) is 1. The van der Waals surface area contributed by atoms with Crippen LogP contribution >= 0.6 is 0 Å². The number of imidazole rings is 1. The smallest absolute Gasteiger partial charge is 0.333 e. The molecule has 1 unspecified atom stereocenters. The van der Waals surface area contributed by atoms with Gasteiger partial charge in [-0.15, -0.1) is 0 Å². The molecule has 0 aliphatic rings. The van der Waals surface area contributed by atoms with Gasteiger partial charge in [-0.3, -0.25) is 0 Å². The fourth-order valence-electron chi connectivity index (χ4n) is 2.57. The molecule has 0 aliphatic heterocycles. The van der Waals surface area contributed by atoms with Gasteiger partial charge in [-0.2, -0.15) is 0 Å². The molecule has 4 heteroatoms. The number of hydrogen-bond acceptors (Lipinski definition) is 3. The largest absolute Gasteiger partial charge is 0.459 e. The molecule has 1 N–H and O–H groups in total. The average molecular weight is 320 g/mol. The van der Waals surface area contributed by atoms with Crippen molar-refractivity contribution in [1.29, 1.82) is 0 Å². The van der Waals surface area contributed by atoms with Crippen LogP contribution in [-0.4, -0.2) is 22.0 Å². The summed E-state index contributed by atoms with van der Waals surface area (Å²) in [6.45, 7) is 7.08. The number of H-pyrrole nitrogens is 1. The molecule has 4 nitrogen and oxygen atoms in total. The number of fused-ring (bicyclic) bond motifs is 1. The van der Waals surface area contributed by atoms with Gasteiger partial charge < -0.3 is 9.72 Å². The second-order valence-electron chi connectivity index (χ2n) is 5.98. The van der Waals surface area contributed by atoms with Gasteiger partial charge in [0.15, 0.2) is 0 Å². The third-order valence-electron chi connectivity index (χ3n) is 3.78. The molecule has 122 valence electrons. The summed E-state index contributed by atoms with van der Waals surface area (Å²) < 4.78 is 5.31. The SMILES string of the molecule is C=C(C)C(=O)OC(C)Cc1nc2ccc(-c3ccccc3)cc2[nH]1. The Kier molecular flexibility index (Phi) is 4.47. The van der Waals surface area contributed by atoms with Gasteiger partial charge >= 0.3 is 5.97 Å². The molecule has 1 atom stereocenters. The summed E-state index contributed by atoms with van der Waals surface area (Å²) in [6, 6.07) is 16.4. The number of benzene rings is 2. The quantitative estimate of drug-likeness (QED) is 0.564. The minimum absolute atomic E-state index is 0.261. The molecule has 0 saturated carbocycles. The lowest BCUT2D eigenvalue weighted by Crippen LogP contribution is -2.18. The monoisotopic (exact) mass is 320 g/mol. The Morgan fingerprint density at radius 1 is 1.21 bits per heavy atom. The first-order chi connectivity index (χ1) is 11.5. The molecular formula is C20H20N2O2. The van der Waals surface area contributed by atoms with E-state index in [0.29, 0.717) is 12.0 Å². The third kappa shape index (κ3) is 3.54. The third-order valence-corrected chi connectivity index (χ3v) is 3.78. The Labute approximate surface area is 141 Å². The van der Waals surface area contributed by atoms with Crippen LogP contribution in [0.4, 0.5) is 0 Å². The second kappa shape index (κ2) is 6.71. The summed E-state index contributed by atoms with van der Waals surface area (Å²) in [6.07, 6.45) is 0.275. The molecule has 0 radical (unpaired) electrons. The molecule has 1 aromatic heterocycles. The van der Waals surface area contributed by atoms with E-state index in [-0.39, 0.29) is 12.1 Å². The number of carbonyl (C=O) groups excluding carboxylic acids is 1. The first-order valence-corrected chi connectivity index (χ1v) is 7.93. The van der Waals surface area contributed by atoms with Crippen molar-refractivity contribution >= 4 is 17.0 Å². The first kappa shape index (κ1) is 16.0. The standard InChI is InChI=1S/C20H20N2O2/c1-13(2)20(23)24-14(3)11-19-21-17-10-9-16(12-18(17)22-19)15-7-5-4-6-8-15/h4-10,12,14H,1,11H2,2-3H3,(H,21,22). The summed E-state index contributed by atoms with van der Waals surface area (Å²) in [5.74, 6) is 0.433. The maximum Gasteiger partial charge on any atom is 0.333 e. The van der Waals surface area contributed by atoms with E-state index in [1.807, 2.05) is 31.2 Å². The zero-order chi connectivity index (χ0) is 17.1. The molecule has 0 amide bonds. The van der Waals surface area contributed by atoms with E-state index in [1.54, 1.807) is 6.92 Å². The average Bonchev–Trinajstić information content (AvgIpc) is 2.96. The van der Waals surface area contributed by atoms with Crippen molar-refractivity contribution < 1.29 is 9.53 Å². The number of nitrogens with zero attached hydrogens (tertiary/aromatic N) is 1. The molecule has 3 rings (SSSR count). The summed E-state index contributed by atoms with van der Waals surface area (Å²) in [5, 5.41) is 0. The molecule has 0 saturated heterocycles. The van der Waals surface area contributed by atoms with Gasteiger partial charge in [0.1, 0.15) is 11.9 Å². The maximum absolute atomic E-state index is 11.6. The Hall–Kier alpha value is -2.88. The molecule has 24 heavy (non-hydrogen) atoms. The van der Waals surface area contributed by atoms with Crippen molar-refractivity contribution in [3.05, 3.63) is 66.5 Å². The van der Waals surface area contributed by atoms with Crippen molar-refractivity contribution in [3.63, 3.8) is 0 Å². The molecule has 0 fully saturated rings. The predicted octanol–water partition coefficient (Wildman–Crippen LogP) is 4.28. The minimum atomic E-state index is -0.370. The van der Waals surface area contributed by atoms with Crippen LogP contribution in [-0.2, 0) is 16.0 Å². The number of hydrogen-bond donors (Lipinski definition) is 1. The van der Waals surface area contributed by atoms with E-state index in [9.17, 15) is 4.79 Å². The van der Waals surface area contributed by atoms with Gasteiger partial charge in [-0.25, -0.2) is 9.78 Å². The van der Waals surface area contributed by atoms with Crippen LogP contribution in [0.5, 0.6) is 0 Å². The Bertz CT molecular complexity index is 881. The van der Waals surface area contributed by atoms with Crippen LogP contribution in [0.15, 0.2) is 60.7 Å². The summed E-state index contributed by atoms with van der Waals surface area (Å²) in [7, 11) is 0. The van der Waals surface area contributed by atoms with Crippen LogP contribution in [0.25, 0.3) is 22.2 Å². The number of carbonyl (C=O) groups is 1. The van der Waals surface area contributed by atoms with E-state index in [2.05, 4.69) is 40.8 Å². The fourth-order valence-corrected chi connectivity index (χ4v) is 2.57. The van der Waals surface area contributed by atoms with Crippen LogP contribution in [0.3, 0.4) is 0 Å². The van der Waals surface area contributed by atoms with Gasteiger partial charge in [0.2, 0.25) is 0 Å². The molecular weight excluding hydrogens is 300 g/mol. The van der Waals surface area contributed by atoms with Gasteiger partial charge in [-0.05, 0) is 37.1 Å². The highest BCUT2D eigenvalue weighted by molar-refractivity contribution is 5.87. The zero-order valence-corrected chi connectivity index (χ0v) is 13.9. The molecule has 0 spiro atoms. The van der Waals surface area contributed by atoms with E-state index in [4.69, 9.17) is 4.74 Å². The number of nitrogens with one attached hydrogen (secondary N) is 1. The lowest BCUT2D eigenvalue weighted by atomic mass is 10.1. The van der Waals surface area contributed by atoms with E-state index in [1.165, 1.54) is 5.56 Å². The number of aromatic amines is 1. The number of esters is 1. The summed E-state index contributed by atoms with van der Waals surface area (Å²) in [4.78, 5) is 19.4. The second-order valence-corrected chi connectivity index (χ2v) is 5.98. The summed E-state index contributed by atoms with van der Waals surface area (Å²) in [5.41, 5.74) is 4.59. The fraction of sp³-hybridized carbons (Fsp3) is 0.200. The molecule has 1 heterocycles. The first-order valence-electron chi connectivity index (χ1n) is 7.93. The van der Waals surface area contributed by atoms with Crippen LogP contribution < -0.4 is 0 Å². The highest BCUT2D eigenvalue weighted by Crippen LogP contribution is 2.23. The Balaban J connectivity index is 1.79. The molecule has 0 bridgehead atoms. The highest BCUT2D eigenvalue weighted by atomic mass is 16.5. The van der Waals surface area contributed by atoms with Crippen LogP contribution in [0.2, 0.25) is 0 Å². The normalized spacial score (nSPS) is 12.1. The molecule has 3 aromatic rings. The number of rotatable bonds is 5. The van der Waals surface area contributed by atoms with Crippen molar-refractivity contribution in [3.8, 4) is 11.1 Å². The highest BCUT2D eigenvalue weighted by Gasteiger charge is 2.13. The van der Waals surface area contributed by atoms with Crippen molar-refractivity contribution in [2.75, 3.05) is 0 Å². The maximum atomic E-state index is 11.6. The molecule has 0 aliphatic carbocycles. The van der Waals surface area contributed by atoms with Crippen molar-refractivity contribution in [2.24, 2.45) is 0 Å². The lowest BCUT2D eigenvalue weighted by molar-refractivity contribution is -0.143. The van der Waals surface area contributed by atoms with E-state index < -0.39 is 0 Å². The van der Waals surface area contributed by atoms with Crippen LogP contribution in [0, 0.1) is 0 Å². The molecule has 2 aromatic carbocycles. The zero-order valence-electron chi connectivity index (χ0n) is 13.9. The van der Waals surface area contributed by atoms with Gasteiger partial charge in [0.25, 0.3) is 0 Å². The van der Waals surface area contributed by atoms with Crippen molar-refractivity contribution in [1.82, 2.24) is 9.97 Å². The lowest BCUT2D eigenvalue weighted by Gasteiger charge is -2.11. The van der Waals surface area contributed by atoms with Gasteiger partial charge in [0.05, 0.1) is 11.0 Å².